The SMILES string of the molecule is CCCCC/C=C\CC=CCCCCCCCCCC(CCCCCCCCC)CN(C)C. The molecule has 0 fully saturated rings. The molecule has 0 bridgehead atoms. The zero-order valence-electron chi connectivity index (χ0n) is 23.6. The van der Waals surface area contributed by atoms with Gasteiger partial charge in [-0.3, -0.25) is 0 Å². The highest BCUT2D eigenvalue weighted by molar-refractivity contribution is 4.92. The lowest BCUT2D eigenvalue weighted by Gasteiger charge is -2.21. The Bertz CT molecular complexity index is 409. The smallest absolute Gasteiger partial charge is 0.000356 e. The zero-order valence-corrected chi connectivity index (χ0v) is 23.6. The average molecular weight is 462 g/mol. The number of hydrogen-bond acceptors (Lipinski definition) is 1. The van der Waals surface area contributed by atoms with Crippen LogP contribution >= 0.6 is 0 Å². The van der Waals surface area contributed by atoms with Gasteiger partial charge in [0.1, 0.15) is 0 Å². The predicted octanol–water partition coefficient (Wildman–Crippen LogP) is 10.9. The molecule has 0 heterocycles. The molecule has 0 saturated heterocycles. The van der Waals surface area contributed by atoms with Gasteiger partial charge in [-0.05, 0) is 65.0 Å². The third-order valence-corrected chi connectivity index (χ3v) is 6.90. The molecule has 0 N–H and O–H groups in total. The van der Waals surface area contributed by atoms with E-state index in [1.807, 2.05) is 0 Å². The molecule has 0 aliphatic rings. The van der Waals surface area contributed by atoms with E-state index in [1.165, 1.54) is 141 Å². The van der Waals surface area contributed by atoms with Gasteiger partial charge in [0, 0.05) is 6.54 Å². The molecular formula is C32H63N. The first-order valence-electron chi connectivity index (χ1n) is 15.1. The minimum absolute atomic E-state index is 0.925. The van der Waals surface area contributed by atoms with E-state index >= 15 is 0 Å². The van der Waals surface area contributed by atoms with Crippen molar-refractivity contribution >= 4 is 0 Å². The molecule has 1 unspecified atom stereocenters. The van der Waals surface area contributed by atoms with E-state index in [2.05, 4.69) is 57.1 Å². The van der Waals surface area contributed by atoms with Crippen LogP contribution in [0.1, 0.15) is 155 Å². The van der Waals surface area contributed by atoms with Crippen molar-refractivity contribution in [3.05, 3.63) is 24.3 Å². The van der Waals surface area contributed by atoms with Crippen molar-refractivity contribution in [2.45, 2.75) is 155 Å². The van der Waals surface area contributed by atoms with Crippen LogP contribution in [0.4, 0.5) is 0 Å². The fourth-order valence-corrected chi connectivity index (χ4v) is 4.83. The molecule has 0 aromatic heterocycles. The van der Waals surface area contributed by atoms with Crippen LogP contribution in [-0.4, -0.2) is 25.5 Å². The molecular weight excluding hydrogens is 398 g/mol. The van der Waals surface area contributed by atoms with Crippen LogP contribution in [0.5, 0.6) is 0 Å². The lowest BCUT2D eigenvalue weighted by molar-refractivity contribution is 0.286. The molecule has 0 spiro atoms. The summed E-state index contributed by atoms with van der Waals surface area (Å²) in [5, 5.41) is 0. The first-order valence-corrected chi connectivity index (χ1v) is 15.1. The van der Waals surface area contributed by atoms with Crippen LogP contribution < -0.4 is 0 Å². The molecule has 0 aliphatic carbocycles. The molecule has 1 nitrogen and oxygen atoms in total. The Morgan fingerprint density at radius 1 is 0.485 bits per heavy atom. The maximum absolute atomic E-state index is 2.41. The Morgan fingerprint density at radius 3 is 1.36 bits per heavy atom. The summed E-state index contributed by atoms with van der Waals surface area (Å²) in [7, 11) is 4.50. The van der Waals surface area contributed by atoms with E-state index in [4.69, 9.17) is 0 Å². The van der Waals surface area contributed by atoms with E-state index in [9.17, 15) is 0 Å². The summed E-state index contributed by atoms with van der Waals surface area (Å²) in [6, 6.07) is 0. The van der Waals surface area contributed by atoms with Crippen LogP contribution in [0.15, 0.2) is 24.3 Å². The summed E-state index contributed by atoms with van der Waals surface area (Å²) in [4.78, 5) is 2.41. The summed E-state index contributed by atoms with van der Waals surface area (Å²) >= 11 is 0. The fourth-order valence-electron chi connectivity index (χ4n) is 4.83. The van der Waals surface area contributed by atoms with E-state index in [-0.39, 0.29) is 0 Å². The number of rotatable bonds is 26. The average Bonchev–Trinajstić information content (AvgIpc) is 2.80. The Hall–Kier alpha value is -0.560. The number of hydrogen-bond donors (Lipinski definition) is 0. The highest BCUT2D eigenvalue weighted by Crippen LogP contribution is 2.20. The van der Waals surface area contributed by atoms with Crippen molar-refractivity contribution in [3.63, 3.8) is 0 Å². The summed E-state index contributed by atoms with van der Waals surface area (Å²) in [5.74, 6) is 0.925. The van der Waals surface area contributed by atoms with Crippen LogP contribution in [-0.2, 0) is 0 Å². The Labute approximate surface area is 210 Å². The molecule has 0 radical (unpaired) electrons. The predicted molar refractivity (Wildman–Crippen MR) is 153 cm³/mol. The topological polar surface area (TPSA) is 3.24 Å². The highest BCUT2D eigenvalue weighted by Gasteiger charge is 2.09. The number of nitrogens with zero attached hydrogens (tertiary/aromatic N) is 1. The van der Waals surface area contributed by atoms with Crippen molar-refractivity contribution in [2.75, 3.05) is 20.6 Å². The first-order chi connectivity index (χ1) is 16.2. The van der Waals surface area contributed by atoms with Crippen molar-refractivity contribution in [2.24, 2.45) is 5.92 Å². The van der Waals surface area contributed by atoms with Crippen molar-refractivity contribution in [1.29, 1.82) is 0 Å². The van der Waals surface area contributed by atoms with Gasteiger partial charge in [-0.2, -0.15) is 0 Å². The molecule has 0 amide bonds. The molecule has 0 aromatic carbocycles. The maximum atomic E-state index is 2.41. The molecule has 196 valence electrons. The molecule has 33 heavy (non-hydrogen) atoms. The van der Waals surface area contributed by atoms with E-state index in [1.54, 1.807) is 0 Å². The Balaban J connectivity index is 3.54. The van der Waals surface area contributed by atoms with Gasteiger partial charge >= 0.3 is 0 Å². The van der Waals surface area contributed by atoms with E-state index in [0.717, 1.165) is 12.3 Å². The van der Waals surface area contributed by atoms with Gasteiger partial charge in [-0.15, -0.1) is 0 Å². The van der Waals surface area contributed by atoms with Gasteiger partial charge in [0.05, 0.1) is 0 Å². The summed E-state index contributed by atoms with van der Waals surface area (Å²) in [5.41, 5.74) is 0. The molecule has 0 rings (SSSR count). The van der Waals surface area contributed by atoms with Gasteiger partial charge in [-0.25, -0.2) is 0 Å². The minimum atomic E-state index is 0.925. The molecule has 0 aliphatic heterocycles. The number of unbranched alkanes of at least 4 members (excludes halogenated alkanes) is 16. The lowest BCUT2D eigenvalue weighted by Crippen LogP contribution is -2.21. The molecule has 1 atom stereocenters. The fraction of sp³-hybridized carbons (Fsp3) is 0.875. The Kier molecular flexibility index (Phi) is 27.2. The van der Waals surface area contributed by atoms with E-state index in [0.29, 0.717) is 0 Å². The normalized spacial score (nSPS) is 13.1. The standard InChI is InChI=1S/C32H63N/c1-5-7-9-11-13-14-15-16-17-18-19-20-21-22-24-26-28-30-32(31-33(3)4)29-27-25-23-12-10-8-6-2/h13-14,16-17,32H,5-12,15,18-31H2,1-4H3/b14-13-,17-16?. The molecule has 0 aromatic rings. The summed E-state index contributed by atoms with van der Waals surface area (Å²) < 4.78 is 0. The minimum Gasteiger partial charge on any atom is -0.309 e. The second kappa shape index (κ2) is 27.7. The lowest BCUT2D eigenvalue weighted by atomic mass is 9.93. The first kappa shape index (κ1) is 32.4. The quantitative estimate of drug-likeness (QED) is 0.0914. The highest BCUT2D eigenvalue weighted by atomic mass is 15.1. The maximum Gasteiger partial charge on any atom is 0.000356 e. The van der Waals surface area contributed by atoms with Crippen molar-refractivity contribution in [3.8, 4) is 0 Å². The van der Waals surface area contributed by atoms with Crippen molar-refractivity contribution < 1.29 is 0 Å². The van der Waals surface area contributed by atoms with E-state index < -0.39 is 0 Å². The van der Waals surface area contributed by atoms with Crippen LogP contribution in [0.3, 0.4) is 0 Å². The van der Waals surface area contributed by atoms with Crippen molar-refractivity contribution in [1.82, 2.24) is 4.90 Å². The summed E-state index contributed by atoms with van der Waals surface area (Å²) in [6.45, 7) is 5.87. The molecule has 1 heteroatoms. The van der Waals surface area contributed by atoms with Crippen LogP contribution in [0, 0.1) is 5.92 Å². The third kappa shape index (κ3) is 27.6. The monoisotopic (exact) mass is 461 g/mol. The van der Waals surface area contributed by atoms with Gasteiger partial charge < -0.3 is 4.90 Å². The largest absolute Gasteiger partial charge is 0.309 e. The number of allylic oxidation sites excluding steroid dienone is 4. The van der Waals surface area contributed by atoms with Gasteiger partial charge in [0.15, 0.2) is 0 Å². The van der Waals surface area contributed by atoms with Crippen LogP contribution in [0.2, 0.25) is 0 Å². The zero-order chi connectivity index (χ0) is 24.2. The second-order valence-corrected chi connectivity index (χ2v) is 10.8. The second-order valence-electron chi connectivity index (χ2n) is 10.8. The van der Waals surface area contributed by atoms with Gasteiger partial charge in [0.2, 0.25) is 0 Å². The summed E-state index contributed by atoms with van der Waals surface area (Å²) in [6.07, 6.45) is 40.1. The van der Waals surface area contributed by atoms with Gasteiger partial charge in [0.25, 0.3) is 0 Å². The van der Waals surface area contributed by atoms with Crippen LogP contribution in [0.25, 0.3) is 0 Å². The third-order valence-electron chi connectivity index (χ3n) is 6.90. The molecule has 0 saturated carbocycles. The Morgan fingerprint density at radius 2 is 0.879 bits per heavy atom. The van der Waals surface area contributed by atoms with Gasteiger partial charge in [-0.1, -0.05) is 134 Å².